The largest absolute Gasteiger partial charge is 0.462 e. The fourth-order valence-corrected chi connectivity index (χ4v) is 4.28. The Hall–Kier alpha value is -1.49. The van der Waals surface area contributed by atoms with Gasteiger partial charge in [-0.2, -0.15) is 13.2 Å². The number of hydrogen-bond donors (Lipinski definition) is 1. The van der Waals surface area contributed by atoms with Gasteiger partial charge < -0.3 is 9.47 Å². The van der Waals surface area contributed by atoms with Crippen molar-refractivity contribution >= 4 is 28.9 Å². The van der Waals surface area contributed by atoms with E-state index in [0.29, 0.717) is 31.7 Å². The molecule has 0 aromatic carbocycles. The number of thioether (sulfide) groups is 1. The first-order valence-electron chi connectivity index (χ1n) is 9.27. The minimum atomic E-state index is -5.21. The summed E-state index contributed by atoms with van der Waals surface area (Å²) >= 11 is 1.33. The number of aliphatic imine (C=N–C) groups is 1. The van der Waals surface area contributed by atoms with Gasteiger partial charge in [0.2, 0.25) is 0 Å². The number of carbonyl (C=O) groups is 2. The van der Waals surface area contributed by atoms with Gasteiger partial charge in [0.15, 0.2) is 5.17 Å². The van der Waals surface area contributed by atoms with Crippen LogP contribution in [0, 0.1) is 0 Å². The minimum Gasteiger partial charge on any atom is -0.462 e. The predicted molar refractivity (Wildman–Crippen MR) is 99.0 cm³/mol. The van der Waals surface area contributed by atoms with Crippen LogP contribution in [0.25, 0.3) is 0 Å². The van der Waals surface area contributed by atoms with Crippen molar-refractivity contribution in [1.29, 1.82) is 0 Å². The first kappa shape index (κ1) is 22.8. The number of nitrogens with one attached hydrogen (secondary N) is 1. The SMILES string of the molecule is CCOC(=O)[C@@](NC(=O)N(C1=NC[C@H](C)S1)C1CCCCC1)(OC)C(F)(F)F. The van der Waals surface area contributed by atoms with Crippen molar-refractivity contribution < 1.29 is 32.2 Å². The van der Waals surface area contributed by atoms with Gasteiger partial charge in [-0.3, -0.25) is 15.2 Å². The van der Waals surface area contributed by atoms with Crippen LogP contribution in [0.2, 0.25) is 0 Å². The van der Waals surface area contributed by atoms with Crippen molar-refractivity contribution in [3.05, 3.63) is 0 Å². The Morgan fingerprint density at radius 1 is 1.29 bits per heavy atom. The molecule has 1 aliphatic carbocycles. The highest BCUT2D eigenvalue weighted by Crippen LogP contribution is 2.34. The van der Waals surface area contributed by atoms with Gasteiger partial charge in [-0.05, 0) is 19.8 Å². The van der Waals surface area contributed by atoms with Crippen LogP contribution >= 0.6 is 11.8 Å². The molecule has 0 unspecified atom stereocenters. The molecule has 1 saturated carbocycles. The maximum atomic E-state index is 13.8. The van der Waals surface area contributed by atoms with Gasteiger partial charge >= 0.3 is 23.9 Å². The maximum absolute atomic E-state index is 13.8. The Bertz CT molecular complexity index is 611. The van der Waals surface area contributed by atoms with E-state index in [2.05, 4.69) is 14.5 Å². The highest BCUT2D eigenvalue weighted by molar-refractivity contribution is 8.14. The van der Waals surface area contributed by atoms with E-state index in [1.54, 1.807) is 5.32 Å². The van der Waals surface area contributed by atoms with Crippen molar-refractivity contribution in [3.63, 3.8) is 0 Å². The lowest BCUT2D eigenvalue weighted by Crippen LogP contribution is -2.68. The summed E-state index contributed by atoms with van der Waals surface area (Å²) in [5.74, 6) is -1.71. The Labute approximate surface area is 166 Å². The fraction of sp³-hybridized carbons (Fsp3) is 0.824. The quantitative estimate of drug-likeness (QED) is 0.540. The standard InChI is InChI=1S/C17H26F3N3O4S/c1-4-27-13(24)16(26-3,17(18,19)20)22-14(25)23(12-8-6-5-7-9-12)15-21-10-11(2)28-15/h11-12H,4-10H2,1-3H3,(H,22,25)/t11-,16+/m0/s1. The fourth-order valence-electron chi connectivity index (χ4n) is 3.27. The highest BCUT2D eigenvalue weighted by atomic mass is 32.2. The number of nitrogens with zero attached hydrogens (tertiary/aromatic N) is 2. The van der Waals surface area contributed by atoms with Crippen LogP contribution in [0.4, 0.5) is 18.0 Å². The first-order chi connectivity index (χ1) is 13.2. The number of urea groups is 1. The zero-order chi connectivity index (χ0) is 20.9. The van der Waals surface area contributed by atoms with Crippen molar-refractivity contribution in [2.45, 2.75) is 69.1 Å². The second-order valence-electron chi connectivity index (χ2n) is 6.75. The maximum Gasteiger partial charge on any atom is 0.448 e. The van der Waals surface area contributed by atoms with Crippen LogP contribution in [0.3, 0.4) is 0 Å². The Kier molecular flexibility index (Phi) is 7.60. The lowest BCUT2D eigenvalue weighted by molar-refractivity contribution is -0.277. The summed E-state index contributed by atoms with van der Waals surface area (Å²) in [6.07, 6.45) is -1.14. The van der Waals surface area contributed by atoms with Gasteiger partial charge in [0.25, 0.3) is 0 Å². The average molecular weight is 425 g/mol. The molecule has 1 N–H and O–H groups in total. The number of hydrogen-bond acceptors (Lipinski definition) is 6. The molecule has 0 radical (unpaired) electrons. The molecule has 1 aliphatic heterocycles. The van der Waals surface area contributed by atoms with Crippen LogP contribution in [-0.4, -0.2) is 65.5 Å². The number of amides is 2. The van der Waals surface area contributed by atoms with Crippen LogP contribution in [0.5, 0.6) is 0 Å². The molecule has 0 aromatic rings. The Morgan fingerprint density at radius 2 is 1.93 bits per heavy atom. The van der Waals surface area contributed by atoms with E-state index in [-0.39, 0.29) is 17.9 Å². The molecule has 28 heavy (non-hydrogen) atoms. The summed E-state index contributed by atoms with van der Waals surface area (Å²) in [7, 11) is 0.708. The Morgan fingerprint density at radius 3 is 2.39 bits per heavy atom. The molecule has 1 heterocycles. The molecule has 0 bridgehead atoms. The van der Waals surface area contributed by atoms with Crippen molar-refractivity contribution in [3.8, 4) is 0 Å². The molecule has 2 rings (SSSR count). The number of amidine groups is 1. The smallest absolute Gasteiger partial charge is 0.448 e. The molecule has 2 atom stereocenters. The number of halogens is 3. The molecule has 0 aromatic heterocycles. The lowest BCUT2D eigenvalue weighted by Gasteiger charge is -2.38. The van der Waals surface area contributed by atoms with E-state index in [1.807, 2.05) is 6.92 Å². The third-order valence-corrected chi connectivity index (χ3v) is 5.79. The third kappa shape index (κ3) is 4.73. The van der Waals surface area contributed by atoms with Crippen LogP contribution in [-0.2, 0) is 14.3 Å². The van der Waals surface area contributed by atoms with Crippen LogP contribution in [0.1, 0.15) is 46.0 Å². The zero-order valence-corrected chi connectivity index (χ0v) is 17.0. The number of alkyl halides is 3. The first-order valence-corrected chi connectivity index (χ1v) is 10.2. The molecule has 2 aliphatic rings. The highest BCUT2D eigenvalue weighted by Gasteiger charge is 2.65. The minimum absolute atomic E-state index is 0.119. The van der Waals surface area contributed by atoms with E-state index >= 15 is 0 Å². The van der Waals surface area contributed by atoms with Crippen LogP contribution < -0.4 is 5.32 Å². The average Bonchev–Trinajstić information content (AvgIpc) is 3.05. The molecule has 0 saturated heterocycles. The zero-order valence-electron chi connectivity index (χ0n) is 16.2. The summed E-state index contributed by atoms with van der Waals surface area (Å²) in [5.41, 5.74) is -3.58. The molecule has 1 fully saturated rings. The molecule has 160 valence electrons. The van der Waals surface area contributed by atoms with Gasteiger partial charge in [-0.1, -0.05) is 37.9 Å². The molecular weight excluding hydrogens is 399 g/mol. The molecule has 2 amide bonds. The number of esters is 1. The third-order valence-electron chi connectivity index (χ3n) is 4.71. The van der Waals surface area contributed by atoms with Gasteiger partial charge in [0, 0.05) is 18.4 Å². The summed E-state index contributed by atoms with van der Waals surface area (Å²) < 4.78 is 50.3. The number of carbonyl (C=O) groups excluding carboxylic acids is 2. The molecule has 11 heteroatoms. The molecule has 7 nitrogen and oxygen atoms in total. The Balaban J connectivity index is 2.34. The van der Waals surface area contributed by atoms with Gasteiger partial charge in [-0.25, -0.2) is 9.59 Å². The topological polar surface area (TPSA) is 80.2 Å². The normalized spacial score (nSPS) is 22.9. The van der Waals surface area contributed by atoms with Crippen LogP contribution in [0.15, 0.2) is 4.99 Å². The van der Waals surface area contributed by atoms with Crippen molar-refractivity contribution in [2.24, 2.45) is 4.99 Å². The number of ether oxygens (including phenoxy) is 2. The summed E-state index contributed by atoms with van der Waals surface area (Å²) in [6.45, 7) is 3.48. The lowest BCUT2D eigenvalue weighted by atomic mass is 9.94. The van der Waals surface area contributed by atoms with Crippen molar-refractivity contribution in [1.82, 2.24) is 10.2 Å². The van der Waals surface area contributed by atoms with E-state index in [4.69, 9.17) is 0 Å². The van der Waals surface area contributed by atoms with E-state index in [0.717, 1.165) is 19.3 Å². The van der Waals surface area contributed by atoms with Crippen molar-refractivity contribution in [2.75, 3.05) is 20.3 Å². The second kappa shape index (κ2) is 9.34. The summed E-state index contributed by atoms with van der Waals surface area (Å²) in [5, 5.41) is 2.25. The van der Waals surface area contributed by atoms with Gasteiger partial charge in [0.05, 0.1) is 13.2 Å². The monoisotopic (exact) mass is 425 g/mol. The van der Waals surface area contributed by atoms with Gasteiger partial charge in [0.1, 0.15) is 0 Å². The number of rotatable bonds is 5. The molecular formula is C17H26F3N3O4S. The van der Waals surface area contributed by atoms with E-state index < -0.39 is 23.9 Å². The van der Waals surface area contributed by atoms with Gasteiger partial charge in [-0.15, -0.1) is 0 Å². The van der Waals surface area contributed by atoms with E-state index in [1.165, 1.54) is 23.6 Å². The summed E-state index contributed by atoms with van der Waals surface area (Å²) in [4.78, 5) is 30.7. The van der Waals surface area contributed by atoms with E-state index in [9.17, 15) is 22.8 Å². The predicted octanol–water partition coefficient (Wildman–Crippen LogP) is 3.29. The summed E-state index contributed by atoms with van der Waals surface area (Å²) in [6, 6.07) is -1.35. The number of methoxy groups -OCH3 is 1. The second-order valence-corrected chi connectivity index (χ2v) is 8.15. The molecule has 0 spiro atoms.